The highest BCUT2D eigenvalue weighted by Gasteiger charge is 2.61. The van der Waals surface area contributed by atoms with E-state index in [0.29, 0.717) is 24.2 Å². The molecule has 32 heavy (non-hydrogen) atoms. The first-order valence-corrected chi connectivity index (χ1v) is 13.3. The smallest absolute Gasteiger partial charge is 0.165 e. The van der Waals surface area contributed by atoms with E-state index in [9.17, 15) is 14.5 Å². The molecule has 8 atom stereocenters. The summed E-state index contributed by atoms with van der Waals surface area (Å²) in [6, 6.07) is 9.52. The summed E-state index contributed by atoms with van der Waals surface area (Å²) in [7, 11) is 0. The number of carbonyl (C=O) groups is 1. The molecule has 1 N–H and O–H groups in total. The number of benzene rings is 1. The number of aliphatic hydroxyl groups excluding tert-OH is 1. The molecule has 3 nitrogen and oxygen atoms in total. The van der Waals surface area contributed by atoms with Crippen LogP contribution in [0.1, 0.15) is 59.3 Å². The fourth-order valence-corrected chi connectivity index (χ4v) is 8.73. The molecule has 4 aliphatic carbocycles. The summed E-state index contributed by atoms with van der Waals surface area (Å²) >= 11 is -1.21. The van der Waals surface area contributed by atoms with Crippen LogP contribution in [0.3, 0.4) is 0 Å². The van der Waals surface area contributed by atoms with Crippen LogP contribution in [0.2, 0.25) is 0 Å². The van der Waals surface area contributed by atoms with Gasteiger partial charge in [-0.1, -0.05) is 50.3 Å². The van der Waals surface area contributed by atoms with Gasteiger partial charge in [0.25, 0.3) is 0 Å². The van der Waals surface area contributed by atoms with Gasteiger partial charge in [0.1, 0.15) is 0 Å². The van der Waals surface area contributed by atoms with Crippen LogP contribution < -0.4 is 0 Å². The summed E-state index contributed by atoms with van der Waals surface area (Å²) in [6.07, 6.45) is 6.84. The number of allylic oxidation sites excluding steroid dienone is 2. The summed E-state index contributed by atoms with van der Waals surface area (Å²) < 4.78 is 12.7. The second-order valence-corrected chi connectivity index (χ2v) is 12.3. The average molecular weight is 451 g/mol. The van der Waals surface area contributed by atoms with Gasteiger partial charge >= 0.3 is 0 Å². The Balaban J connectivity index is 1.48. The molecule has 170 valence electrons. The van der Waals surface area contributed by atoms with Crippen molar-refractivity contribution in [1.29, 1.82) is 0 Å². The Bertz CT molecular complexity index is 1010. The van der Waals surface area contributed by atoms with Crippen LogP contribution >= 0.6 is 0 Å². The third-order valence-electron chi connectivity index (χ3n) is 9.31. The van der Waals surface area contributed by atoms with Gasteiger partial charge in [0.05, 0.1) is 6.10 Å². The second kappa shape index (κ2) is 8.02. The van der Waals surface area contributed by atoms with Crippen LogP contribution in [-0.2, 0) is 16.0 Å². The van der Waals surface area contributed by atoms with Gasteiger partial charge in [-0.25, -0.2) is 0 Å². The van der Waals surface area contributed by atoms with Crippen LogP contribution in [0.25, 0.3) is 0 Å². The van der Waals surface area contributed by atoms with Gasteiger partial charge in [-0.05, 0) is 85.0 Å². The van der Waals surface area contributed by atoms with Crippen molar-refractivity contribution in [2.45, 2.75) is 70.3 Å². The molecular formula is C28H34O3S. The SMILES string of the molecule is CC1C[C@@H]2[C@H](C(O)C[C@]3(C)C(=C=C[S+]([O-])c4ccccc4)CC[C@@H]23)[C@@]2(C)CCC(=O)C=C12. The van der Waals surface area contributed by atoms with Crippen molar-refractivity contribution in [3.05, 3.63) is 58.7 Å². The Labute approximate surface area is 194 Å². The van der Waals surface area contributed by atoms with E-state index in [1.165, 1.54) is 11.1 Å². The maximum Gasteiger partial charge on any atom is 0.165 e. The number of rotatable bonds is 2. The Morgan fingerprint density at radius 3 is 2.69 bits per heavy atom. The minimum Gasteiger partial charge on any atom is -0.606 e. The molecule has 4 aliphatic rings. The number of carbonyl (C=O) groups excluding carboxylic acids is 1. The second-order valence-electron chi connectivity index (χ2n) is 11.0. The lowest BCUT2D eigenvalue weighted by atomic mass is 9.45. The van der Waals surface area contributed by atoms with Crippen molar-refractivity contribution in [3.8, 4) is 0 Å². The largest absolute Gasteiger partial charge is 0.606 e. The summed E-state index contributed by atoms with van der Waals surface area (Å²) in [5.74, 6) is 1.82. The van der Waals surface area contributed by atoms with Crippen molar-refractivity contribution < 1.29 is 14.5 Å². The lowest BCUT2D eigenvalue weighted by Gasteiger charge is -2.60. The van der Waals surface area contributed by atoms with Crippen LogP contribution in [0.4, 0.5) is 0 Å². The number of fused-ring (bicyclic) bond motifs is 5. The van der Waals surface area contributed by atoms with Gasteiger partial charge in [-0.15, -0.1) is 0 Å². The molecule has 1 aromatic carbocycles. The molecule has 4 heteroatoms. The molecule has 3 unspecified atom stereocenters. The Morgan fingerprint density at radius 2 is 1.94 bits per heavy atom. The number of aliphatic hydroxyl groups is 1. The van der Waals surface area contributed by atoms with Gasteiger partial charge in [0, 0.05) is 23.0 Å². The lowest BCUT2D eigenvalue weighted by Crippen LogP contribution is -2.57. The summed E-state index contributed by atoms with van der Waals surface area (Å²) in [6.45, 7) is 6.87. The minimum absolute atomic E-state index is 0.0753. The normalized spacial score (nSPS) is 41.7. The zero-order valence-corrected chi connectivity index (χ0v) is 20.2. The number of hydrogen-bond acceptors (Lipinski definition) is 3. The molecule has 0 radical (unpaired) electrons. The zero-order valence-electron chi connectivity index (χ0n) is 19.3. The Hall–Kier alpha value is -1.58. The molecule has 0 spiro atoms. The van der Waals surface area contributed by atoms with E-state index in [1.807, 2.05) is 36.4 Å². The molecule has 3 fully saturated rings. The third-order valence-corrected chi connectivity index (χ3v) is 10.4. The summed E-state index contributed by atoms with van der Waals surface area (Å²) in [5.41, 5.74) is 5.78. The molecule has 1 aromatic rings. The molecule has 0 aromatic heterocycles. The van der Waals surface area contributed by atoms with Gasteiger partial charge in [0.2, 0.25) is 0 Å². The van der Waals surface area contributed by atoms with Crippen LogP contribution in [0.5, 0.6) is 0 Å². The molecular weight excluding hydrogens is 416 g/mol. The minimum atomic E-state index is -1.21. The highest BCUT2D eigenvalue weighted by Crippen LogP contribution is 2.67. The number of hydrogen-bond donors (Lipinski definition) is 1. The van der Waals surface area contributed by atoms with Crippen molar-refractivity contribution >= 4 is 17.0 Å². The van der Waals surface area contributed by atoms with Crippen molar-refractivity contribution in [3.63, 3.8) is 0 Å². The van der Waals surface area contributed by atoms with Gasteiger partial charge in [0.15, 0.2) is 16.1 Å². The molecule has 0 amide bonds. The highest BCUT2D eigenvalue weighted by atomic mass is 32.2. The van der Waals surface area contributed by atoms with Gasteiger partial charge in [-0.3, -0.25) is 4.79 Å². The average Bonchev–Trinajstić information content (AvgIpc) is 3.09. The monoisotopic (exact) mass is 450 g/mol. The van der Waals surface area contributed by atoms with E-state index in [2.05, 4.69) is 26.5 Å². The third kappa shape index (κ3) is 3.39. The Kier molecular flexibility index (Phi) is 5.57. The molecule has 0 bridgehead atoms. The van der Waals surface area contributed by atoms with E-state index in [0.717, 1.165) is 37.0 Å². The van der Waals surface area contributed by atoms with E-state index in [4.69, 9.17) is 0 Å². The fraction of sp³-hybridized carbons (Fsp3) is 0.571. The summed E-state index contributed by atoms with van der Waals surface area (Å²) in [5, 5.41) is 13.2. The van der Waals surface area contributed by atoms with Crippen molar-refractivity contribution in [2.75, 3.05) is 0 Å². The molecule has 0 heterocycles. The van der Waals surface area contributed by atoms with Crippen LogP contribution in [0.15, 0.2) is 63.6 Å². The van der Waals surface area contributed by atoms with Crippen molar-refractivity contribution in [1.82, 2.24) is 0 Å². The van der Waals surface area contributed by atoms with Crippen LogP contribution in [0, 0.1) is 34.5 Å². The first kappa shape index (κ1) is 22.2. The number of ketones is 1. The van der Waals surface area contributed by atoms with E-state index in [1.54, 1.807) is 5.41 Å². The highest BCUT2D eigenvalue weighted by molar-refractivity contribution is 7.94. The molecule has 0 aliphatic heterocycles. The summed E-state index contributed by atoms with van der Waals surface area (Å²) in [4.78, 5) is 13.0. The molecule has 3 saturated carbocycles. The lowest BCUT2D eigenvalue weighted by molar-refractivity contribution is -0.128. The maximum absolute atomic E-state index is 12.7. The predicted molar refractivity (Wildman–Crippen MR) is 127 cm³/mol. The topological polar surface area (TPSA) is 60.4 Å². The predicted octanol–water partition coefficient (Wildman–Crippen LogP) is 5.58. The first-order chi connectivity index (χ1) is 15.2. The quantitative estimate of drug-likeness (QED) is 0.472. The Morgan fingerprint density at radius 1 is 1.19 bits per heavy atom. The fourth-order valence-electron chi connectivity index (χ4n) is 7.92. The van der Waals surface area contributed by atoms with Gasteiger partial charge < -0.3 is 9.66 Å². The first-order valence-electron chi connectivity index (χ1n) is 12.1. The maximum atomic E-state index is 12.7. The molecule has 5 rings (SSSR count). The van der Waals surface area contributed by atoms with E-state index < -0.39 is 11.2 Å². The molecule has 0 saturated heterocycles. The van der Waals surface area contributed by atoms with Crippen molar-refractivity contribution in [2.24, 2.45) is 34.5 Å². The van der Waals surface area contributed by atoms with Crippen LogP contribution in [-0.4, -0.2) is 21.5 Å². The zero-order chi connectivity index (χ0) is 22.7. The van der Waals surface area contributed by atoms with E-state index in [-0.39, 0.29) is 28.6 Å². The van der Waals surface area contributed by atoms with Gasteiger partial charge in [-0.2, -0.15) is 0 Å². The standard InChI is InChI=1S/C28H34O3S/c1-18-15-22-23-10-9-19(12-14-32(31)21-7-5-4-6-8-21)28(23,3)17-25(30)26(22)27(2)13-11-20(29)16-24(18)27/h4-8,14,16,18,22-23,25-26,30H,9-11,13,15,17H2,1-3H3/t12?,18?,22-,23-,25?,26+,27-,28+,32?/m0/s1. The van der Waals surface area contributed by atoms with E-state index >= 15 is 0 Å².